The van der Waals surface area contributed by atoms with Gasteiger partial charge in [-0.2, -0.15) is 0 Å². The van der Waals surface area contributed by atoms with Crippen LogP contribution in [0.3, 0.4) is 0 Å². The minimum Gasteiger partial charge on any atom is -0.317 e. The summed E-state index contributed by atoms with van der Waals surface area (Å²) in [5.41, 5.74) is 6.40. The van der Waals surface area contributed by atoms with Crippen molar-refractivity contribution in [2.24, 2.45) is 0 Å². The van der Waals surface area contributed by atoms with Crippen molar-refractivity contribution in [1.82, 2.24) is 10.4 Å². The third-order valence-electron chi connectivity index (χ3n) is 1.56. The van der Waals surface area contributed by atoms with Crippen LogP contribution in [-0.4, -0.2) is 4.98 Å². The summed E-state index contributed by atoms with van der Waals surface area (Å²) in [6, 6.07) is 5.43. The molecule has 0 aromatic carbocycles. The topological polar surface area (TPSA) is 65.1 Å². The van der Waals surface area contributed by atoms with Crippen molar-refractivity contribution in [3.05, 3.63) is 47.2 Å². The Labute approximate surface area is 87.9 Å². The molecule has 0 atom stereocenters. The molecule has 1 rings (SSSR count). The lowest BCUT2D eigenvalue weighted by Crippen LogP contribution is -2.15. The van der Waals surface area contributed by atoms with E-state index in [1.807, 2.05) is 13.0 Å². The lowest BCUT2D eigenvalue weighted by atomic mass is 10.3. The molecule has 5 heteroatoms. The molecule has 1 aromatic rings. The highest BCUT2D eigenvalue weighted by Gasteiger charge is 1.92. The van der Waals surface area contributed by atoms with Crippen molar-refractivity contribution in [2.45, 2.75) is 6.92 Å². The molecule has 1 aromatic heterocycles. The van der Waals surface area contributed by atoms with Crippen molar-refractivity contribution in [3.63, 3.8) is 0 Å². The fraction of sp³-hybridized carbons (Fsp3) is 0.100. The van der Waals surface area contributed by atoms with Crippen molar-refractivity contribution >= 4 is 5.82 Å². The van der Waals surface area contributed by atoms with Gasteiger partial charge < -0.3 is 5.43 Å². The van der Waals surface area contributed by atoms with Crippen LogP contribution in [0.5, 0.6) is 0 Å². The summed E-state index contributed by atoms with van der Waals surface area (Å²) in [6.07, 6.45) is 3.00. The molecule has 0 unspecified atom stereocenters. The molecule has 2 N–H and O–H groups in total. The summed E-state index contributed by atoms with van der Waals surface area (Å²) < 4.78 is 0. The second-order valence-electron chi connectivity index (χ2n) is 2.74. The van der Waals surface area contributed by atoms with Crippen LogP contribution in [0, 0.1) is 24.8 Å². The van der Waals surface area contributed by atoms with Crippen molar-refractivity contribution in [1.29, 1.82) is 5.26 Å². The van der Waals surface area contributed by atoms with E-state index in [9.17, 15) is 0 Å². The second-order valence-corrected chi connectivity index (χ2v) is 2.74. The molecule has 0 aliphatic rings. The summed E-state index contributed by atoms with van der Waals surface area (Å²) in [7, 11) is 0. The Bertz CT molecular complexity index is 416. The molecule has 0 amide bonds. The molecular weight excluding hydrogens is 190 g/mol. The Kier molecular flexibility index (Phi) is 3.70. The number of pyridine rings is 1. The van der Waals surface area contributed by atoms with Gasteiger partial charge in [0.1, 0.15) is 5.82 Å². The van der Waals surface area contributed by atoms with E-state index in [2.05, 4.69) is 20.7 Å². The Morgan fingerprint density at radius 1 is 1.67 bits per heavy atom. The standard InChI is InChI=1S/C10H9N5/c1-8-3-4-10(13-6-8)15-14-7-9(5-11)12-2/h3-4,6-7,14H,1H3,(H,13,15)/b9-7-. The first-order valence-corrected chi connectivity index (χ1v) is 4.18. The summed E-state index contributed by atoms with van der Waals surface area (Å²) >= 11 is 0. The Morgan fingerprint density at radius 3 is 3.00 bits per heavy atom. The smallest absolute Gasteiger partial charge is 0.278 e. The molecule has 0 aliphatic heterocycles. The molecule has 0 radical (unpaired) electrons. The molecule has 0 spiro atoms. The van der Waals surface area contributed by atoms with Gasteiger partial charge in [0.25, 0.3) is 5.70 Å². The normalized spacial score (nSPS) is 9.93. The average molecular weight is 199 g/mol. The van der Waals surface area contributed by atoms with Crippen LogP contribution in [0.1, 0.15) is 5.56 Å². The zero-order valence-electron chi connectivity index (χ0n) is 8.15. The van der Waals surface area contributed by atoms with E-state index in [1.165, 1.54) is 6.20 Å². The Hall–Kier alpha value is -2.53. The lowest BCUT2D eigenvalue weighted by molar-refractivity contribution is 1.02. The maximum absolute atomic E-state index is 8.44. The molecule has 0 saturated heterocycles. The number of rotatable bonds is 3. The molecule has 5 nitrogen and oxygen atoms in total. The van der Waals surface area contributed by atoms with E-state index in [0.29, 0.717) is 5.82 Å². The van der Waals surface area contributed by atoms with Crippen LogP contribution in [0.2, 0.25) is 0 Å². The van der Waals surface area contributed by atoms with Gasteiger partial charge in [-0.25, -0.2) is 15.1 Å². The number of hydrazine groups is 1. The van der Waals surface area contributed by atoms with Gasteiger partial charge in [0.2, 0.25) is 0 Å². The third kappa shape index (κ3) is 3.37. The number of aryl methyl sites for hydroxylation is 1. The Morgan fingerprint density at radius 2 is 2.47 bits per heavy atom. The predicted octanol–water partition coefficient (Wildman–Crippen LogP) is 1.59. The predicted molar refractivity (Wildman–Crippen MR) is 56.0 cm³/mol. The van der Waals surface area contributed by atoms with E-state index >= 15 is 0 Å². The number of aromatic nitrogens is 1. The minimum atomic E-state index is -0.0189. The van der Waals surface area contributed by atoms with E-state index in [-0.39, 0.29) is 5.70 Å². The molecule has 15 heavy (non-hydrogen) atoms. The number of anilines is 1. The maximum atomic E-state index is 8.44. The van der Waals surface area contributed by atoms with Gasteiger partial charge >= 0.3 is 0 Å². The minimum absolute atomic E-state index is 0.0189. The molecule has 74 valence electrons. The molecule has 0 bridgehead atoms. The highest BCUT2D eigenvalue weighted by molar-refractivity contribution is 5.35. The quantitative estimate of drug-likeness (QED) is 0.441. The summed E-state index contributed by atoms with van der Waals surface area (Å²) in [5, 5.41) is 8.44. The van der Waals surface area contributed by atoms with E-state index in [0.717, 1.165) is 5.56 Å². The van der Waals surface area contributed by atoms with Gasteiger partial charge in [0.05, 0.1) is 12.6 Å². The van der Waals surface area contributed by atoms with Crippen molar-refractivity contribution in [3.8, 4) is 6.07 Å². The SMILES string of the molecule is [C-]#[N+]/C(C#N)=C\NNc1ccc(C)cn1. The first-order valence-electron chi connectivity index (χ1n) is 4.18. The summed E-state index contributed by atoms with van der Waals surface area (Å²) in [4.78, 5) is 7.04. The van der Waals surface area contributed by atoms with Crippen LogP contribution >= 0.6 is 0 Å². The van der Waals surface area contributed by atoms with Crippen LogP contribution in [0.25, 0.3) is 4.85 Å². The van der Waals surface area contributed by atoms with Crippen LogP contribution in [-0.2, 0) is 0 Å². The maximum Gasteiger partial charge on any atom is 0.278 e. The fourth-order valence-corrected chi connectivity index (χ4v) is 0.810. The van der Waals surface area contributed by atoms with E-state index in [1.54, 1.807) is 18.3 Å². The van der Waals surface area contributed by atoms with Gasteiger partial charge in [-0.05, 0) is 18.6 Å². The molecule has 0 fully saturated rings. The van der Waals surface area contributed by atoms with Crippen LogP contribution in [0.15, 0.2) is 30.2 Å². The molecular formula is C10H9N5. The number of hydrogen-bond acceptors (Lipinski definition) is 4. The van der Waals surface area contributed by atoms with E-state index in [4.69, 9.17) is 11.8 Å². The van der Waals surface area contributed by atoms with Gasteiger partial charge in [0.15, 0.2) is 0 Å². The highest BCUT2D eigenvalue weighted by atomic mass is 15.4. The van der Waals surface area contributed by atoms with Crippen molar-refractivity contribution < 1.29 is 0 Å². The number of nitriles is 1. The fourth-order valence-electron chi connectivity index (χ4n) is 0.810. The first kappa shape index (κ1) is 10.6. The zero-order valence-corrected chi connectivity index (χ0v) is 8.15. The number of allylic oxidation sites excluding steroid dienone is 1. The van der Waals surface area contributed by atoms with Gasteiger partial charge in [-0.1, -0.05) is 6.07 Å². The Balaban J connectivity index is 2.53. The first-order chi connectivity index (χ1) is 7.26. The van der Waals surface area contributed by atoms with Gasteiger partial charge in [-0.15, -0.1) is 0 Å². The lowest BCUT2D eigenvalue weighted by Gasteiger charge is -2.04. The third-order valence-corrected chi connectivity index (χ3v) is 1.56. The highest BCUT2D eigenvalue weighted by Crippen LogP contribution is 2.02. The number of nitrogens with one attached hydrogen (secondary N) is 2. The monoisotopic (exact) mass is 199 g/mol. The largest absolute Gasteiger partial charge is 0.317 e. The van der Waals surface area contributed by atoms with Crippen molar-refractivity contribution in [2.75, 3.05) is 5.43 Å². The van der Waals surface area contributed by atoms with Gasteiger partial charge in [0, 0.05) is 12.4 Å². The van der Waals surface area contributed by atoms with Crippen LogP contribution < -0.4 is 10.9 Å². The van der Waals surface area contributed by atoms with E-state index < -0.39 is 0 Å². The summed E-state index contributed by atoms with van der Waals surface area (Å²) in [6.45, 7) is 8.56. The molecule has 0 saturated carbocycles. The second kappa shape index (κ2) is 5.25. The zero-order chi connectivity index (χ0) is 11.1. The van der Waals surface area contributed by atoms with Crippen LogP contribution in [0.4, 0.5) is 5.82 Å². The average Bonchev–Trinajstić information content (AvgIpc) is 2.27. The molecule has 1 heterocycles. The summed E-state index contributed by atoms with van der Waals surface area (Å²) in [5.74, 6) is 0.624. The number of hydrogen-bond donors (Lipinski definition) is 2. The van der Waals surface area contributed by atoms with Gasteiger partial charge in [-0.3, -0.25) is 5.43 Å². The number of nitrogens with zero attached hydrogens (tertiary/aromatic N) is 3. The molecule has 0 aliphatic carbocycles.